The van der Waals surface area contributed by atoms with Gasteiger partial charge in [0.2, 0.25) is 0 Å². The van der Waals surface area contributed by atoms with Gasteiger partial charge >= 0.3 is 5.97 Å². The summed E-state index contributed by atoms with van der Waals surface area (Å²) in [6.07, 6.45) is 2.00. The number of aryl methyl sites for hydroxylation is 1. The number of carboxylic acid groups (broad SMARTS) is 1. The van der Waals surface area contributed by atoms with Crippen LogP contribution in [-0.4, -0.2) is 27.4 Å². The highest BCUT2D eigenvalue weighted by Crippen LogP contribution is 2.16. The molecule has 0 atom stereocenters. The van der Waals surface area contributed by atoms with Gasteiger partial charge in [0.25, 0.3) is 0 Å². The third-order valence-electron chi connectivity index (χ3n) is 2.84. The maximum atomic E-state index is 10.7. The second kappa shape index (κ2) is 6.04. The second-order valence-electron chi connectivity index (χ2n) is 4.38. The first-order valence-corrected chi connectivity index (χ1v) is 6.15. The molecule has 0 bridgehead atoms. The van der Waals surface area contributed by atoms with E-state index in [1.807, 2.05) is 54.5 Å². The monoisotopic (exact) mass is 259 g/mol. The van der Waals surface area contributed by atoms with E-state index in [2.05, 4.69) is 5.10 Å². The molecule has 1 aromatic carbocycles. The Morgan fingerprint density at radius 2 is 2.05 bits per heavy atom. The number of aliphatic carboxylic acids is 1. The number of carbonyl (C=O) groups is 1. The first kappa shape index (κ1) is 13.1. The first-order chi connectivity index (χ1) is 9.15. The third kappa shape index (κ3) is 3.84. The molecule has 0 amide bonds. The summed E-state index contributed by atoms with van der Waals surface area (Å²) in [6, 6.07) is 11.7. The van der Waals surface area contributed by atoms with Gasteiger partial charge in [0, 0.05) is 25.5 Å². The maximum absolute atomic E-state index is 10.7. The van der Waals surface area contributed by atoms with Crippen LogP contribution in [0.5, 0.6) is 0 Å². The van der Waals surface area contributed by atoms with Gasteiger partial charge in [0.15, 0.2) is 0 Å². The molecular weight excluding hydrogens is 242 g/mol. The smallest absolute Gasteiger partial charge is 0.305 e. The van der Waals surface area contributed by atoms with E-state index in [4.69, 9.17) is 5.11 Å². The molecule has 0 aliphatic carbocycles. The average molecular weight is 259 g/mol. The SMILES string of the molecule is Cn1ccc(CN(CCC(=O)O)c2ccccc2)n1. The first-order valence-electron chi connectivity index (χ1n) is 6.15. The fraction of sp³-hybridized carbons (Fsp3) is 0.286. The average Bonchev–Trinajstić information content (AvgIpc) is 2.81. The van der Waals surface area contributed by atoms with Crippen molar-refractivity contribution in [3.05, 3.63) is 48.3 Å². The van der Waals surface area contributed by atoms with Gasteiger partial charge in [-0.15, -0.1) is 0 Å². The highest BCUT2D eigenvalue weighted by Gasteiger charge is 2.10. The van der Waals surface area contributed by atoms with Crippen LogP contribution in [0.25, 0.3) is 0 Å². The van der Waals surface area contributed by atoms with Crippen LogP contribution in [0, 0.1) is 0 Å². The largest absolute Gasteiger partial charge is 0.481 e. The summed E-state index contributed by atoms with van der Waals surface area (Å²) in [5, 5.41) is 13.2. The van der Waals surface area contributed by atoms with Crippen LogP contribution in [0.1, 0.15) is 12.1 Å². The van der Waals surface area contributed by atoms with Crippen molar-refractivity contribution < 1.29 is 9.90 Å². The van der Waals surface area contributed by atoms with Gasteiger partial charge in [-0.2, -0.15) is 5.10 Å². The lowest BCUT2D eigenvalue weighted by atomic mass is 10.2. The minimum absolute atomic E-state index is 0.113. The normalized spacial score (nSPS) is 10.4. The molecule has 1 aromatic heterocycles. The number of hydrogen-bond donors (Lipinski definition) is 1. The number of carboxylic acids is 1. The van der Waals surface area contributed by atoms with Gasteiger partial charge < -0.3 is 10.0 Å². The van der Waals surface area contributed by atoms with E-state index in [0.717, 1.165) is 11.4 Å². The van der Waals surface area contributed by atoms with Gasteiger partial charge in [0.05, 0.1) is 18.7 Å². The molecule has 0 radical (unpaired) electrons. The van der Waals surface area contributed by atoms with Gasteiger partial charge in [0.1, 0.15) is 0 Å². The highest BCUT2D eigenvalue weighted by atomic mass is 16.4. The topological polar surface area (TPSA) is 58.4 Å². The zero-order chi connectivity index (χ0) is 13.7. The Morgan fingerprint density at radius 1 is 1.32 bits per heavy atom. The third-order valence-corrected chi connectivity index (χ3v) is 2.84. The summed E-state index contributed by atoms with van der Waals surface area (Å²) in [4.78, 5) is 12.8. The number of benzene rings is 1. The number of aromatic nitrogens is 2. The molecule has 19 heavy (non-hydrogen) atoms. The Morgan fingerprint density at radius 3 is 2.63 bits per heavy atom. The highest BCUT2D eigenvalue weighted by molar-refractivity contribution is 5.67. The number of nitrogens with zero attached hydrogens (tertiary/aromatic N) is 3. The Kier molecular flexibility index (Phi) is 4.18. The zero-order valence-corrected chi connectivity index (χ0v) is 10.9. The molecule has 0 saturated carbocycles. The van der Waals surface area contributed by atoms with Crippen molar-refractivity contribution in [3.63, 3.8) is 0 Å². The Bertz CT molecular complexity index is 537. The molecule has 100 valence electrons. The second-order valence-corrected chi connectivity index (χ2v) is 4.38. The van der Waals surface area contributed by atoms with Crippen LogP contribution >= 0.6 is 0 Å². The van der Waals surface area contributed by atoms with E-state index in [1.165, 1.54) is 0 Å². The molecule has 1 heterocycles. The van der Waals surface area contributed by atoms with Gasteiger partial charge in [-0.1, -0.05) is 18.2 Å². The van der Waals surface area contributed by atoms with Crippen LogP contribution in [0.2, 0.25) is 0 Å². The molecule has 2 aromatic rings. The summed E-state index contributed by atoms with van der Waals surface area (Å²) >= 11 is 0. The van der Waals surface area contributed by atoms with Crippen molar-refractivity contribution in [2.75, 3.05) is 11.4 Å². The Hall–Kier alpha value is -2.30. The summed E-state index contributed by atoms with van der Waals surface area (Å²) < 4.78 is 1.75. The van der Waals surface area contributed by atoms with E-state index >= 15 is 0 Å². The number of rotatable bonds is 6. The molecule has 0 aliphatic rings. The molecule has 0 saturated heterocycles. The van der Waals surface area contributed by atoms with E-state index in [1.54, 1.807) is 4.68 Å². The maximum Gasteiger partial charge on any atom is 0.305 e. The molecule has 0 aliphatic heterocycles. The standard InChI is InChI=1S/C14H17N3O2/c1-16-9-7-12(15-16)11-17(10-8-14(18)19)13-5-3-2-4-6-13/h2-7,9H,8,10-11H2,1H3,(H,18,19). The summed E-state index contributed by atoms with van der Waals surface area (Å²) in [5.74, 6) is -0.790. The number of para-hydroxylation sites is 1. The predicted molar refractivity (Wildman–Crippen MR) is 73.0 cm³/mol. The van der Waals surface area contributed by atoms with E-state index in [0.29, 0.717) is 13.1 Å². The molecule has 5 heteroatoms. The minimum Gasteiger partial charge on any atom is -0.481 e. The van der Waals surface area contributed by atoms with Crippen LogP contribution < -0.4 is 4.90 Å². The van der Waals surface area contributed by atoms with Crippen LogP contribution in [0.4, 0.5) is 5.69 Å². The summed E-state index contributed by atoms with van der Waals surface area (Å²) in [6.45, 7) is 1.08. The van der Waals surface area contributed by atoms with Crippen molar-refractivity contribution in [3.8, 4) is 0 Å². The van der Waals surface area contributed by atoms with Crippen molar-refractivity contribution >= 4 is 11.7 Å². The predicted octanol–water partition coefficient (Wildman–Crippen LogP) is 1.90. The van der Waals surface area contributed by atoms with Gasteiger partial charge in [-0.25, -0.2) is 0 Å². The Labute approximate surface area is 112 Å². The molecule has 0 unspecified atom stereocenters. The lowest BCUT2D eigenvalue weighted by Crippen LogP contribution is -2.25. The fourth-order valence-corrected chi connectivity index (χ4v) is 1.91. The Balaban J connectivity index is 2.12. The summed E-state index contributed by atoms with van der Waals surface area (Å²) in [5.41, 5.74) is 1.94. The van der Waals surface area contributed by atoms with E-state index in [9.17, 15) is 4.79 Å². The van der Waals surface area contributed by atoms with Crippen LogP contribution in [0.15, 0.2) is 42.6 Å². The lowest BCUT2D eigenvalue weighted by molar-refractivity contribution is -0.136. The minimum atomic E-state index is -0.790. The van der Waals surface area contributed by atoms with Gasteiger partial charge in [-0.3, -0.25) is 9.48 Å². The van der Waals surface area contributed by atoms with Crippen molar-refractivity contribution in [2.45, 2.75) is 13.0 Å². The number of anilines is 1. The van der Waals surface area contributed by atoms with Crippen molar-refractivity contribution in [1.82, 2.24) is 9.78 Å². The molecule has 0 spiro atoms. The van der Waals surface area contributed by atoms with Crippen molar-refractivity contribution in [1.29, 1.82) is 0 Å². The molecule has 1 N–H and O–H groups in total. The fourth-order valence-electron chi connectivity index (χ4n) is 1.91. The molecule has 2 rings (SSSR count). The zero-order valence-electron chi connectivity index (χ0n) is 10.9. The summed E-state index contributed by atoms with van der Waals surface area (Å²) in [7, 11) is 1.87. The van der Waals surface area contributed by atoms with Crippen LogP contribution in [0.3, 0.4) is 0 Å². The van der Waals surface area contributed by atoms with Crippen LogP contribution in [-0.2, 0) is 18.4 Å². The van der Waals surface area contributed by atoms with E-state index in [-0.39, 0.29) is 6.42 Å². The number of hydrogen-bond acceptors (Lipinski definition) is 3. The van der Waals surface area contributed by atoms with E-state index < -0.39 is 5.97 Å². The molecule has 5 nitrogen and oxygen atoms in total. The molecular formula is C14H17N3O2. The quantitative estimate of drug-likeness (QED) is 0.860. The van der Waals surface area contributed by atoms with Crippen molar-refractivity contribution in [2.24, 2.45) is 7.05 Å². The molecule has 0 fully saturated rings. The lowest BCUT2D eigenvalue weighted by Gasteiger charge is -2.23. The van der Waals surface area contributed by atoms with Gasteiger partial charge in [-0.05, 0) is 18.2 Å².